The largest absolute Gasteiger partial charge is 0.460 e. The first-order valence-electron chi connectivity index (χ1n) is 11.9. The van der Waals surface area contributed by atoms with E-state index in [9.17, 15) is 17.6 Å². The van der Waals surface area contributed by atoms with Crippen LogP contribution < -0.4 is 10.0 Å². The smallest absolute Gasteiger partial charge is 0.311 e. The van der Waals surface area contributed by atoms with E-state index in [1.54, 1.807) is 48.5 Å². The van der Waals surface area contributed by atoms with E-state index in [0.29, 0.717) is 31.5 Å². The Kier molecular flexibility index (Phi) is 7.36. The first-order valence-corrected chi connectivity index (χ1v) is 13.4. The predicted octanol–water partition coefficient (Wildman–Crippen LogP) is 5.53. The standard InChI is InChI=1S/C28H31FN2O4S/c1-28(2,3)35-27(32)22-9-8-21-17-24(12-15-26(21)30-18-22)31-36(33,34)25-13-6-20(7-14-25)16-19-4-10-23(29)11-5-19/h4-7,10-15,17,22,30-31H,8-9,16,18H2,1-3H3. The predicted molar refractivity (Wildman–Crippen MR) is 139 cm³/mol. The fraction of sp³-hybridized carbons (Fsp3) is 0.321. The fourth-order valence-corrected chi connectivity index (χ4v) is 5.18. The summed E-state index contributed by atoms with van der Waals surface area (Å²) in [7, 11) is -3.78. The van der Waals surface area contributed by atoms with Crippen LogP contribution in [0.1, 0.15) is 43.9 Å². The molecule has 0 radical (unpaired) electrons. The molecule has 1 atom stereocenters. The van der Waals surface area contributed by atoms with Gasteiger partial charge in [-0.25, -0.2) is 12.8 Å². The number of aryl methyl sites for hydroxylation is 1. The molecule has 2 N–H and O–H groups in total. The number of nitrogens with one attached hydrogen (secondary N) is 2. The van der Waals surface area contributed by atoms with E-state index < -0.39 is 15.6 Å². The van der Waals surface area contributed by atoms with Gasteiger partial charge in [-0.1, -0.05) is 24.3 Å². The molecule has 0 spiro atoms. The molecule has 0 fully saturated rings. The zero-order valence-electron chi connectivity index (χ0n) is 20.7. The van der Waals surface area contributed by atoms with Crippen molar-refractivity contribution in [3.63, 3.8) is 0 Å². The van der Waals surface area contributed by atoms with Crippen LogP contribution in [0.2, 0.25) is 0 Å². The number of ether oxygens (including phenoxy) is 1. The van der Waals surface area contributed by atoms with Gasteiger partial charge in [0.2, 0.25) is 0 Å². The molecule has 0 saturated carbocycles. The minimum absolute atomic E-state index is 0.156. The zero-order valence-corrected chi connectivity index (χ0v) is 21.5. The summed E-state index contributed by atoms with van der Waals surface area (Å²) < 4.78 is 47.3. The SMILES string of the molecule is CC(C)(C)OC(=O)C1CCc2cc(NS(=O)(=O)c3ccc(Cc4ccc(F)cc4)cc3)ccc2NC1. The summed E-state index contributed by atoms with van der Waals surface area (Å²) in [5, 5.41) is 3.29. The Labute approximate surface area is 211 Å². The lowest BCUT2D eigenvalue weighted by Crippen LogP contribution is -2.31. The lowest BCUT2D eigenvalue weighted by atomic mass is 10.0. The lowest BCUT2D eigenvalue weighted by molar-refractivity contribution is -0.159. The fourth-order valence-electron chi connectivity index (χ4n) is 4.13. The second-order valence-electron chi connectivity index (χ2n) is 10.1. The summed E-state index contributed by atoms with van der Waals surface area (Å²) in [6.45, 7) is 6.01. The van der Waals surface area contributed by atoms with Gasteiger partial charge < -0.3 is 10.1 Å². The highest BCUT2D eigenvalue weighted by molar-refractivity contribution is 7.92. The summed E-state index contributed by atoms with van der Waals surface area (Å²) in [6.07, 6.45) is 1.82. The Morgan fingerprint density at radius 3 is 2.31 bits per heavy atom. The highest BCUT2D eigenvalue weighted by Gasteiger charge is 2.27. The molecule has 4 rings (SSSR count). The van der Waals surface area contributed by atoms with Crippen molar-refractivity contribution in [3.8, 4) is 0 Å². The molecule has 3 aromatic carbocycles. The monoisotopic (exact) mass is 510 g/mol. The Balaban J connectivity index is 1.42. The van der Waals surface area contributed by atoms with Crippen LogP contribution in [0.5, 0.6) is 0 Å². The zero-order chi connectivity index (χ0) is 25.9. The van der Waals surface area contributed by atoms with E-state index in [4.69, 9.17) is 4.74 Å². The van der Waals surface area contributed by atoms with Crippen molar-refractivity contribution >= 4 is 27.4 Å². The first kappa shape index (κ1) is 25.7. The molecule has 0 aliphatic carbocycles. The van der Waals surface area contributed by atoms with Gasteiger partial charge in [-0.3, -0.25) is 9.52 Å². The van der Waals surface area contributed by atoms with Crippen molar-refractivity contribution in [3.05, 3.63) is 89.2 Å². The van der Waals surface area contributed by atoms with E-state index in [1.807, 2.05) is 26.8 Å². The summed E-state index contributed by atoms with van der Waals surface area (Å²) in [5.41, 5.74) is 3.61. The number of esters is 1. The molecule has 1 unspecified atom stereocenters. The number of carbonyl (C=O) groups excluding carboxylic acids is 1. The van der Waals surface area contributed by atoms with Crippen LogP contribution in [-0.4, -0.2) is 26.5 Å². The summed E-state index contributed by atoms with van der Waals surface area (Å²) in [4.78, 5) is 12.7. The van der Waals surface area contributed by atoms with Gasteiger partial charge in [0.15, 0.2) is 0 Å². The number of rotatable bonds is 6. The molecule has 36 heavy (non-hydrogen) atoms. The van der Waals surface area contributed by atoms with E-state index in [0.717, 1.165) is 22.4 Å². The van der Waals surface area contributed by atoms with Crippen LogP contribution >= 0.6 is 0 Å². The third kappa shape index (κ3) is 6.63. The maximum Gasteiger partial charge on any atom is 0.311 e. The molecule has 3 aromatic rings. The van der Waals surface area contributed by atoms with Crippen LogP contribution in [0.4, 0.5) is 15.8 Å². The quantitative estimate of drug-likeness (QED) is 0.426. The number of fused-ring (bicyclic) bond motifs is 1. The molecule has 6 nitrogen and oxygen atoms in total. The summed E-state index contributed by atoms with van der Waals surface area (Å²) in [6, 6.07) is 18.2. The molecule has 0 amide bonds. The Bertz CT molecular complexity index is 1330. The molecule has 0 aromatic heterocycles. The molecular weight excluding hydrogens is 479 g/mol. The van der Waals surface area contributed by atoms with Gasteiger partial charge in [0, 0.05) is 17.9 Å². The second-order valence-corrected chi connectivity index (χ2v) is 11.8. The molecule has 1 heterocycles. The van der Waals surface area contributed by atoms with E-state index in [2.05, 4.69) is 10.0 Å². The number of carbonyl (C=O) groups is 1. The lowest BCUT2D eigenvalue weighted by Gasteiger charge is -2.23. The first-order chi connectivity index (χ1) is 17.0. The van der Waals surface area contributed by atoms with Crippen LogP contribution in [-0.2, 0) is 32.4 Å². The minimum Gasteiger partial charge on any atom is -0.460 e. The maximum atomic E-state index is 13.1. The van der Waals surface area contributed by atoms with E-state index >= 15 is 0 Å². The number of halogens is 1. The molecule has 8 heteroatoms. The Hall–Kier alpha value is -3.39. The Morgan fingerprint density at radius 2 is 1.67 bits per heavy atom. The summed E-state index contributed by atoms with van der Waals surface area (Å²) >= 11 is 0. The van der Waals surface area contributed by atoms with Crippen molar-refractivity contribution < 1.29 is 22.3 Å². The van der Waals surface area contributed by atoms with Gasteiger partial charge >= 0.3 is 5.97 Å². The van der Waals surface area contributed by atoms with Crippen molar-refractivity contribution in [1.29, 1.82) is 0 Å². The van der Waals surface area contributed by atoms with E-state index in [1.165, 1.54) is 12.1 Å². The van der Waals surface area contributed by atoms with Crippen molar-refractivity contribution in [2.45, 2.75) is 50.5 Å². The third-order valence-electron chi connectivity index (χ3n) is 5.95. The average molecular weight is 511 g/mol. The van der Waals surface area contributed by atoms with Crippen molar-refractivity contribution in [1.82, 2.24) is 0 Å². The van der Waals surface area contributed by atoms with Crippen LogP contribution in [0, 0.1) is 11.7 Å². The van der Waals surface area contributed by atoms with Gasteiger partial charge in [0.05, 0.1) is 10.8 Å². The van der Waals surface area contributed by atoms with Gasteiger partial charge in [-0.05, 0) is 99.2 Å². The summed E-state index contributed by atoms with van der Waals surface area (Å²) in [5.74, 6) is -0.792. The molecule has 190 valence electrons. The topological polar surface area (TPSA) is 84.5 Å². The highest BCUT2D eigenvalue weighted by atomic mass is 32.2. The number of hydrogen-bond acceptors (Lipinski definition) is 5. The molecule has 0 saturated heterocycles. The van der Waals surface area contributed by atoms with Crippen molar-refractivity contribution in [2.75, 3.05) is 16.6 Å². The maximum absolute atomic E-state index is 13.1. The average Bonchev–Trinajstić information content (AvgIpc) is 3.02. The van der Waals surface area contributed by atoms with Gasteiger partial charge in [0.25, 0.3) is 10.0 Å². The minimum atomic E-state index is -3.78. The number of hydrogen-bond donors (Lipinski definition) is 2. The van der Waals surface area contributed by atoms with Crippen molar-refractivity contribution in [2.24, 2.45) is 5.92 Å². The number of anilines is 2. The number of sulfonamides is 1. The Morgan fingerprint density at radius 1 is 1.03 bits per heavy atom. The molecule has 0 bridgehead atoms. The van der Waals surface area contributed by atoms with Gasteiger partial charge in [-0.15, -0.1) is 0 Å². The number of benzene rings is 3. The molecule has 1 aliphatic heterocycles. The van der Waals surface area contributed by atoms with Crippen LogP contribution in [0.3, 0.4) is 0 Å². The molecular formula is C28H31FN2O4S. The highest BCUT2D eigenvalue weighted by Crippen LogP contribution is 2.29. The van der Waals surface area contributed by atoms with E-state index in [-0.39, 0.29) is 22.6 Å². The third-order valence-corrected chi connectivity index (χ3v) is 7.35. The van der Waals surface area contributed by atoms with Crippen LogP contribution in [0.25, 0.3) is 0 Å². The normalized spacial score (nSPS) is 15.8. The molecule has 1 aliphatic rings. The second kappa shape index (κ2) is 10.3. The van der Waals surface area contributed by atoms with Crippen LogP contribution in [0.15, 0.2) is 71.6 Å². The van der Waals surface area contributed by atoms with Gasteiger partial charge in [0.1, 0.15) is 11.4 Å². The van der Waals surface area contributed by atoms with Gasteiger partial charge in [-0.2, -0.15) is 0 Å².